The molecule has 8 nitrogen and oxygen atoms in total. The summed E-state index contributed by atoms with van der Waals surface area (Å²) in [6, 6.07) is 0.845. The van der Waals surface area contributed by atoms with Gasteiger partial charge in [-0.1, -0.05) is 13.8 Å². The van der Waals surface area contributed by atoms with Crippen molar-refractivity contribution in [1.29, 1.82) is 0 Å². The van der Waals surface area contributed by atoms with Gasteiger partial charge in [0.05, 0.1) is 4.92 Å². The number of nitrogens with one attached hydrogen (secondary N) is 1. The Labute approximate surface area is 110 Å². The third-order valence-corrected chi connectivity index (χ3v) is 3.40. The van der Waals surface area contributed by atoms with Gasteiger partial charge in [-0.2, -0.15) is 0 Å². The van der Waals surface area contributed by atoms with Gasteiger partial charge in [0.25, 0.3) is 15.7 Å². The molecular formula is C10H13N3O5S. The van der Waals surface area contributed by atoms with E-state index in [0.29, 0.717) is 0 Å². The fourth-order valence-electron chi connectivity index (χ4n) is 1.28. The van der Waals surface area contributed by atoms with Crippen LogP contribution < -0.4 is 4.72 Å². The Hall–Kier alpha value is -2.03. The van der Waals surface area contributed by atoms with Crippen LogP contribution in [0.15, 0.2) is 23.4 Å². The summed E-state index contributed by atoms with van der Waals surface area (Å²) in [7, 11) is -4.13. The molecule has 0 unspecified atom stereocenters. The molecule has 0 fully saturated rings. The highest BCUT2D eigenvalue weighted by Crippen LogP contribution is 2.15. The summed E-state index contributed by atoms with van der Waals surface area (Å²) >= 11 is 0. The lowest BCUT2D eigenvalue weighted by Gasteiger charge is -2.07. The quantitative estimate of drug-likeness (QED) is 0.633. The van der Waals surface area contributed by atoms with Crippen molar-refractivity contribution in [2.75, 3.05) is 0 Å². The van der Waals surface area contributed by atoms with Crippen LogP contribution in [0.3, 0.4) is 0 Å². The maximum atomic E-state index is 11.8. The van der Waals surface area contributed by atoms with Gasteiger partial charge in [0.1, 0.15) is 11.1 Å². The molecule has 0 aliphatic heterocycles. The number of hydrogen-bond acceptors (Lipinski definition) is 6. The molecule has 0 saturated carbocycles. The molecule has 1 heterocycles. The average Bonchev–Trinajstić information content (AvgIpc) is 2.27. The number of hydrogen-bond donors (Lipinski definition) is 1. The number of nitrogens with zero attached hydrogens (tertiary/aromatic N) is 2. The first-order valence-electron chi connectivity index (χ1n) is 5.37. The van der Waals surface area contributed by atoms with Crippen LogP contribution in [-0.4, -0.2) is 24.2 Å². The van der Waals surface area contributed by atoms with Crippen LogP contribution in [0.25, 0.3) is 0 Å². The van der Waals surface area contributed by atoms with E-state index in [-0.39, 0.29) is 12.3 Å². The van der Waals surface area contributed by atoms with Gasteiger partial charge < -0.3 is 0 Å². The molecule has 1 aromatic rings. The predicted molar refractivity (Wildman–Crippen MR) is 65.7 cm³/mol. The van der Waals surface area contributed by atoms with E-state index < -0.39 is 31.4 Å². The Morgan fingerprint density at radius 1 is 1.47 bits per heavy atom. The minimum Gasteiger partial charge on any atom is -0.274 e. The molecule has 0 aromatic carbocycles. The van der Waals surface area contributed by atoms with Crippen LogP contribution in [-0.2, 0) is 14.8 Å². The standard InChI is InChI=1S/C10H13N3O5S/c1-7(2)3-10(14)12-19(17,18)9-4-8(13(15)16)5-11-6-9/h4-7H,3H2,1-2H3,(H,12,14). The monoisotopic (exact) mass is 287 g/mol. The number of rotatable bonds is 5. The first-order valence-corrected chi connectivity index (χ1v) is 6.86. The highest BCUT2D eigenvalue weighted by molar-refractivity contribution is 7.90. The summed E-state index contributed by atoms with van der Waals surface area (Å²) in [6.07, 6.45) is 1.91. The van der Waals surface area contributed by atoms with Gasteiger partial charge in [-0.05, 0) is 5.92 Å². The molecule has 0 saturated heterocycles. The Balaban J connectivity index is 2.97. The number of aromatic nitrogens is 1. The van der Waals surface area contributed by atoms with Gasteiger partial charge in [-0.15, -0.1) is 0 Å². The van der Waals surface area contributed by atoms with Crippen molar-refractivity contribution in [3.63, 3.8) is 0 Å². The van der Waals surface area contributed by atoms with Crippen LogP contribution >= 0.6 is 0 Å². The third-order valence-electron chi connectivity index (χ3n) is 2.06. The van der Waals surface area contributed by atoms with Crippen molar-refractivity contribution in [3.05, 3.63) is 28.6 Å². The van der Waals surface area contributed by atoms with E-state index >= 15 is 0 Å². The first-order chi connectivity index (χ1) is 8.72. The second-order valence-corrected chi connectivity index (χ2v) is 5.95. The lowest BCUT2D eigenvalue weighted by atomic mass is 10.1. The van der Waals surface area contributed by atoms with E-state index in [1.54, 1.807) is 13.8 Å². The van der Waals surface area contributed by atoms with Gasteiger partial charge in [-0.25, -0.2) is 13.1 Å². The molecule has 0 spiro atoms. The SMILES string of the molecule is CC(C)CC(=O)NS(=O)(=O)c1cncc([N+](=O)[O-])c1. The predicted octanol–water partition coefficient (Wildman–Crippen LogP) is 0.841. The van der Waals surface area contributed by atoms with Crippen LogP contribution in [0.5, 0.6) is 0 Å². The first kappa shape index (κ1) is 15.0. The lowest BCUT2D eigenvalue weighted by Crippen LogP contribution is -2.31. The number of nitro groups is 1. The smallest absolute Gasteiger partial charge is 0.274 e. The van der Waals surface area contributed by atoms with Crippen LogP contribution in [0.2, 0.25) is 0 Å². The summed E-state index contributed by atoms with van der Waals surface area (Å²) in [5, 5.41) is 10.5. The van der Waals surface area contributed by atoms with E-state index in [0.717, 1.165) is 18.5 Å². The Morgan fingerprint density at radius 3 is 2.63 bits per heavy atom. The van der Waals surface area contributed by atoms with Crippen molar-refractivity contribution in [2.45, 2.75) is 25.2 Å². The highest BCUT2D eigenvalue weighted by atomic mass is 32.2. The van der Waals surface area contributed by atoms with E-state index in [9.17, 15) is 23.3 Å². The molecule has 1 N–H and O–H groups in total. The molecule has 1 amide bonds. The van der Waals surface area contributed by atoms with Gasteiger partial charge in [-0.3, -0.25) is 19.9 Å². The Morgan fingerprint density at radius 2 is 2.11 bits per heavy atom. The molecule has 19 heavy (non-hydrogen) atoms. The van der Waals surface area contributed by atoms with Crippen LogP contribution in [0.1, 0.15) is 20.3 Å². The summed E-state index contributed by atoms with van der Waals surface area (Å²) in [5.74, 6) is -0.667. The number of sulfonamides is 1. The molecule has 0 aliphatic rings. The maximum Gasteiger partial charge on any atom is 0.288 e. The molecule has 0 aliphatic carbocycles. The summed E-state index contributed by atoms with van der Waals surface area (Å²) in [4.78, 5) is 24.2. The second-order valence-electron chi connectivity index (χ2n) is 4.26. The average molecular weight is 287 g/mol. The molecule has 1 rings (SSSR count). The van der Waals surface area contributed by atoms with Crippen LogP contribution in [0, 0.1) is 16.0 Å². The molecule has 1 aromatic heterocycles. The topological polar surface area (TPSA) is 119 Å². The molecular weight excluding hydrogens is 274 g/mol. The van der Waals surface area contributed by atoms with E-state index in [1.165, 1.54) is 0 Å². The van der Waals surface area contributed by atoms with Crippen molar-refractivity contribution >= 4 is 21.6 Å². The number of pyridine rings is 1. The zero-order valence-electron chi connectivity index (χ0n) is 10.4. The number of carbonyl (C=O) groups is 1. The fourth-order valence-corrected chi connectivity index (χ4v) is 2.25. The normalized spacial score (nSPS) is 11.3. The van der Waals surface area contributed by atoms with Crippen molar-refractivity contribution < 1.29 is 18.1 Å². The summed E-state index contributed by atoms with van der Waals surface area (Å²) < 4.78 is 25.4. The molecule has 0 atom stereocenters. The minimum absolute atomic E-state index is 0.00145. The fraction of sp³-hybridized carbons (Fsp3) is 0.400. The molecule has 9 heteroatoms. The van der Waals surface area contributed by atoms with Crippen molar-refractivity contribution in [2.24, 2.45) is 5.92 Å². The maximum absolute atomic E-state index is 11.8. The molecule has 0 bridgehead atoms. The lowest BCUT2D eigenvalue weighted by molar-refractivity contribution is -0.385. The van der Waals surface area contributed by atoms with Crippen molar-refractivity contribution in [1.82, 2.24) is 9.71 Å². The van der Waals surface area contributed by atoms with Crippen molar-refractivity contribution in [3.8, 4) is 0 Å². The summed E-state index contributed by atoms with van der Waals surface area (Å²) in [6.45, 7) is 3.53. The highest BCUT2D eigenvalue weighted by Gasteiger charge is 2.21. The Kier molecular flexibility index (Phi) is 4.54. The summed E-state index contributed by atoms with van der Waals surface area (Å²) in [5.41, 5.74) is -0.459. The van der Waals surface area contributed by atoms with Gasteiger partial charge in [0.15, 0.2) is 0 Å². The van der Waals surface area contributed by atoms with Gasteiger partial charge in [0, 0.05) is 18.7 Å². The largest absolute Gasteiger partial charge is 0.288 e. The molecule has 104 valence electrons. The molecule has 0 radical (unpaired) electrons. The second kappa shape index (κ2) is 5.74. The van der Waals surface area contributed by atoms with Gasteiger partial charge >= 0.3 is 0 Å². The van der Waals surface area contributed by atoms with E-state index in [1.807, 2.05) is 4.72 Å². The third kappa shape index (κ3) is 4.28. The Bertz CT molecular complexity index is 597. The number of carbonyl (C=O) groups excluding carboxylic acids is 1. The zero-order valence-corrected chi connectivity index (χ0v) is 11.2. The van der Waals surface area contributed by atoms with Gasteiger partial charge in [0.2, 0.25) is 5.91 Å². The van der Waals surface area contributed by atoms with E-state index in [4.69, 9.17) is 0 Å². The van der Waals surface area contributed by atoms with E-state index in [2.05, 4.69) is 4.98 Å². The van der Waals surface area contributed by atoms with Crippen LogP contribution in [0.4, 0.5) is 5.69 Å². The number of amides is 1. The zero-order chi connectivity index (χ0) is 14.6. The minimum atomic E-state index is -4.13.